The average Bonchev–Trinajstić information content (AvgIpc) is 2.72. The molecule has 0 bridgehead atoms. The Kier molecular flexibility index (Phi) is 6.83. The van der Waals surface area contributed by atoms with Gasteiger partial charge >= 0.3 is 0 Å². The van der Waals surface area contributed by atoms with Gasteiger partial charge in [-0.05, 0) is 56.3 Å². The molecule has 0 spiro atoms. The van der Waals surface area contributed by atoms with Crippen LogP contribution in [0.3, 0.4) is 0 Å². The summed E-state index contributed by atoms with van der Waals surface area (Å²) < 4.78 is 0. The van der Waals surface area contributed by atoms with Gasteiger partial charge in [-0.3, -0.25) is 0 Å². The molecule has 0 aliphatic rings. The van der Waals surface area contributed by atoms with Gasteiger partial charge in [0, 0.05) is 9.75 Å². The Morgan fingerprint density at radius 2 is 1.88 bits per heavy atom. The second-order valence-electron chi connectivity index (χ2n) is 5.42. The zero-order valence-electron chi connectivity index (χ0n) is 11.8. The van der Waals surface area contributed by atoms with E-state index in [-0.39, 0.29) is 0 Å². The van der Waals surface area contributed by atoms with E-state index >= 15 is 0 Å². The molecule has 0 saturated carbocycles. The van der Waals surface area contributed by atoms with Crippen LogP contribution in [0.2, 0.25) is 0 Å². The van der Waals surface area contributed by atoms with Crippen LogP contribution in [0, 0.1) is 11.8 Å². The highest BCUT2D eigenvalue weighted by atomic mass is 32.1. The van der Waals surface area contributed by atoms with Crippen molar-refractivity contribution < 1.29 is 0 Å². The van der Waals surface area contributed by atoms with Crippen molar-refractivity contribution in [3.05, 3.63) is 21.9 Å². The van der Waals surface area contributed by atoms with Crippen LogP contribution in [0.4, 0.5) is 0 Å². The van der Waals surface area contributed by atoms with E-state index in [0.29, 0.717) is 0 Å². The van der Waals surface area contributed by atoms with Gasteiger partial charge in [-0.1, -0.05) is 27.7 Å². The lowest BCUT2D eigenvalue weighted by Gasteiger charge is -2.12. The van der Waals surface area contributed by atoms with Crippen LogP contribution >= 0.6 is 11.3 Å². The SMILES string of the molecule is CCc1ccc(CC(C)CCNCC(C)C)s1. The van der Waals surface area contributed by atoms with Gasteiger partial charge in [0.25, 0.3) is 0 Å². The van der Waals surface area contributed by atoms with Crippen LogP contribution in [0.1, 0.15) is 43.9 Å². The number of hydrogen-bond acceptors (Lipinski definition) is 2. The Balaban J connectivity index is 2.18. The highest BCUT2D eigenvalue weighted by Gasteiger charge is 2.06. The summed E-state index contributed by atoms with van der Waals surface area (Å²) in [7, 11) is 0. The summed E-state index contributed by atoms with van der Waals surface area (Å²) in [5, 5.41) is 3.52. The number of thiophene rings is 1. The normalized spacial score (nSPS) is 13.2. The third-order valence-corrected chi connectivity index (χ3v) is 4.23. The maximum Gasteiger partial charge on any atom is 0.00508 e. The molecule has 1 aromatic heterocycles. The first-order valence-electron chi connectivity index (χ1n) is 6.90. The summed E-state index contributed by atoms with van der Waals surface area (Å²) in [5.74, 6) is 1.55. The summed E-state index contributed by atoms with van der Waals surface area (Å²) in [6, 6.07) is 4.59. The molecule has 0 radical (unpaired) electrons. The molecule has 17 heavy (non-hydrogen) atoms. The van der Waals surface area contributed by atoms with E-state index in [1.54, 1.807) is 4.88 Å². The summed E-state index contributed by atoms with van der Waals surface area (Å²) in [6.07, 6.45) is 3.70. The smallest absolute Gasteiger partial charge is 0.00508 e. The number of nitrogens with one attached hydrogen (secondary N) is 1. The minimum absolute atomic E-state index is 0.759. The van der Waals surface area contributed by atoms with E-state index in [9.17, 15) is 0 Å². The van der Waals surface area contributed by atoms with Crippen molar-refractivity contribution in [3.8, 4) is 0 Å². The predicted molar refractivity (Wildman–Crippen MR) is 78.9 cm³/mol. The molecule has 1 unspecified atom stereocenters. The molecule has 0 fully saturated rings. The van der Waals surface area contributed by atoms with Crippen LogP contribution in [-0.4, -0.2) is 13.1 Å². The van der Waals surface area contributed by atoms with Gasteiger partial charge in [-0.25, -0.2) is 0 Å². The molecule has 1 heterocycles. The molecule has 1 atom stereocenters. The Morgan fingerprint density at radius 3 is 2.47 bits per heavy atom. The third kappa shape index (κ3) is 6.23. The molecule has 0 saturated heterocycles. The zero-order valence-corrected chi connectivity index (χ0v) is 12.6. The van der Waals surface area contributed by atoms with E-state index in [1.807, 2.05) is 11.3 Å². The minimum Gasteiger partial charge on any atom is -0.316 e. The van der Waals surface area contributed by atoms with Gasteiger partial charge in [-0.2, -0.15) is 0 Å². The maximum absolute atomic E-state index is 3.52. The fraction of sp³-hybridized carbons (Fsp3) is 0.733. The lowest BCUT2D eigenvalue weighted by molar-refractivity contribution is 0.476. The van der Waals surface area contributed by atoms with Crippen molar-refractivity contribution in [1.82, 2.24) is 5.32 Å². The zero-order chi connectivity index (χ0) is 12.7. The van der Waals surface area contributed by atoms with Gasteiger partial charge in [0.15, 0.2) is 0 Å². The maximum atomic E-state index is 3.52. The second-order valence-corrected chi connectivity index (χ2v) is 6.67. The molecule has 0 amide bonds. The monoisotopic (exact) mass is 253 g/mol. The van der Waals surface area contributed by atoms with Gasteiger partial charge < -0.3 is 5.32 Å². The molecule has 2 heteroatoms. The molecule has 0 aliphatic carbocycles. The van der Waals surface area contributed by atoms with Crippen molar-refractivity contribution in [3.63, 3.8) is 0 Å². The van der Waals surface area contributed by atoms with Crippen LogP contribution < -0.4 is 5.32 Å². The van der Waals surface area contributed by atoms with Crippen LogP contribution in [0.5, 0.6) is 0 Å². The fourth-order valence-corrected chi connectivity index (χ4v) is 3.03. The second kappa shape index (κ2) is 7.88. The number of hydrogen-bond donors (Lipinski definition) is 1. The lowest BCUT2D eigenvalue weighted by atomic mass is 10.0. The molecule has 1 rings (SSSR count). The van der Waals surface area contributed by atoms with Crippen LogP contribution in [0.25, 0.3) is 0 Å². The Labute approximate surface area is 111 Å². The largest absolute Gasteiger partial charge is 0.316 e. The molecular weight excluding hydrogens is 226 g/mol. The topological polar surface area (TPSA) is 12.0 Å². The molecule has 0 aliphatic heterocycles. The number of rotatable bonds is 8. The Hall–Kier alpha value is -0.340. The average molecular weight is 253 g/mol. The molecule has 0 aromatic carbocycles. The first-order chi connectivity index (χ1) is 8.11. The Morgan fingerprint density at radius 1 is 1.18 bits per heavy atom. The van der Waals surface area contributed by atoms with Crippen molar-refractivity contribution >= 4 is 11.3 Å². The van der Waals surface area contributed by atoms with E-state index < -0.39 is 0 Å². The van der Waals surface area contributed by atoms with Crippen LogP contribution in [0.15, 0.2) is 12.1 Å². The van der Waals surface area contributed by atoms with E-state index in [4.69, 9.17) is 0 Å². The first-order valence-corrected chi connectivity index (χ1v) is 7.71. The lowest BCUT2D eigenvalue weighted by Crippen LogP contribution is -2.22. The molecule has 1 N–H and O–H groups in total. The first kappa shape index (κ1) is 14.7. The number of aryl methyl sites for hydroxylation is 1. The summed E-state index contributed by atoms with van der Waals surface area (Å²) in [5.41, 5.74) is 0. The molecule has 1 nitrogen and oxygen atoms in total. The minimum atomic E-state index is 0.759. The van der Waals surface area contributed by atoms with Crippen molar-refractivity contribution in [2.45, 2.75) is 47.0 Å². The fourth-order valence-electron chi connectivity index (χ4n) is 1.91. The highest BCUT2D eigenvalue weighted by molar-refractivity contribution is 7.11. The van der Waals surface area contributed by atoms with Crippen LogP contribution in [-0.2, 0) is 12.8 Å². The summed E-state index contributed by atoms with van der Waals surface area (Å²) in [4.78, 5) is 3.07. The third-order valence-electron chi connectivity index (χ3n) is 2.98. The van der Waals surface area contributed by atoms with Gasteiger partial charge in [0.2, 0.25) is 0 Å². The quantitative estimate of drug-likeness (QED) is 0.687. The highest BCUT2D eigenvalue weighted by Crippen LogP contribution is 2.21. The van der Waals surface area contributed by atoms with E-state index in [0.717, 1.165) is 24.9 Å². The molecule has 1 aromatic rings. The van der Waals surface area contributed by atoms with Gasteiger partial charge in [-0.15, -0.1) is 11.3 Å². The molecule has 98 valence electrons. The Bertz CT molecular complexity index is 304. The van der Waals surface area contributed by atoms with E-state index in [2.05, 4.69) is 45.1 Å². The van der Waals surface area contributed by atoms with Crippen molar-refractivity contribution in [1.29, 1.82) is 0 Å². The van der Waals surface area contributed by atoms with Crippen molar-refractivity contribution in [2.24, 2.45) is 11.8 Å². The van der Waals surface area contributed by atoms with Gasteiger partial charge in [0.1, 0.15) is 0 Å². The molecular formula is C15H27NS. The van der Waals surface area contributed by atoms with Crippen molar-refractivity contribution in [2.75, 3.05) is 13.1 Å². The summed E-state index contributed by atoms with van der Waals surface area (Å²) in [6.45, 7) is 11.4. The standard InChI is InChI=1S/C15H27NS/c1-5-14-6-7-15(17-14)10-13(4)8-9-16-11-12(2)3/h6-7,12-13,16H,5,8-11H2,1-4H3. The predicted octanol–water partition coefficient (Wildman–Crippen LogP) is 4.12. The summed E-state index contributed by atoms with van der Waals surface area (Å²) >= 11 is 1.98. The van der Waals surface area contributed by atoms with E-state index in [1.165, 1.54) is 24.1 Å². The van der Waals surface area contributed by atoms with Gasteiger partial charge in [0.05, 0.1) is 0 Å².